The summed E-state index contributed by atoms with van der Waals surface area (Å²) in [6.45, 7) is 5.95. The molecule has 0 aromatic heterocycles. The molecule has 0 fully saturated rings. The molecule has 0 heterocycles. The molecule has 0 aliphatic rings. The highest BCUT2D eigenvalue weighted by Gasteiger charge is 2.13. The second kappa shape index (κ2) is 7.73. The van der Waals surface area contributed by atoms with Crippen LogP contribution in [0.2, 0.25) is 0 Å². The van der Waals surface area contributed by atoms with Crippen molar-refractivity contribution in [1.82, 2.24) is 0 Å². The summed E-state index contributed by atoms with van der Waals surface area (Å²) in [6, 6.07) is 16.5. The highest BCUT2D eigenvalue weighted by atomic mass is 19.1. The first-order chi connectivity index (χ1) is 11.5. The molecule has 3 heteroatoms. The van der Waals surface area contributed by atoms with Gasteiger partial charge < -0.3 is 5.73 Å². The molecule has 0 aliphatic heterocycles. The van der Waals surface area contributed by atoms with E-state index in [2.05, 4.69) is 0 Å². The Bertz CT molecular complexity index is 735. The molecule has 3 rings (SSSR count). The van der Waals surface area contributed by atoms with E-state index in [1.54, 1.807) is 36.4 Å². The quantitative estimate of drug-likeness (QED) is 0.556. The number of anilines is 1. The number of aryl methyl sites for hydroxylation is 1. The van der Waals surface area contributed by atoms with Crippen LogP contribution in [0.5, 0.6) is 0 Å². The summed E-state index contributed by atoms with van der Waals surface area (Å²) in [4.78, 5) is 0. The van der Waals surface area contributed by atoms with Gasteiger partial charge in [0.25, 0.3) is 0 Å². The Labute approximate surface area is 141 Å². The van der Waals surface area contributed by atoms with E-state index >= 15 is 0 Å². The van der Waals surface area contributed by atoms with Gasteiger partial charge in [-0.3, -0.25) is 0 Å². The van der Waals surface area contributed by atoms with Crippen LogP contribution in [0.1, 0.15) is 19.4 Å². The van der Waals surface area contributed by atoms with Gasteiger partial charge in [0.15, 0.2) is 0 Å². The van der Waals surface area contributed by atoms with Crippen LogP contribution in [0.3, 0.4) is 0 Å². The summed E-state index contributed by atoms with van der Waals surface area (Å²) in [5, 5.41) is 0. The van der Waals surface area contributed by atoms with Gasteiger partial charge in [0.2, 0.25) is 0 Å². The summed E-state index contributed by atoms with van der Waals surface area (Å²) >= 11 is 0. The molecule has 0 saturated carbocycles. The predicted molar refractivity (Wildman–Crippen MR) is 97.7 cm³/mol. The number of hydrogen-bond acceptors (Lipinski definition) is 1. The average molecular weight is 325 g/mol. The Morgan fingerprint density at radius 1 is 0.667 bits per heavy atom. The van der Waals surface area contributed by atoms with Crippen molar-refractivity contribution < 1.29 is 8.78 Å². The molecule has 124 valence electrons. The lowest BCUT2D eigenvalue weighted by Crippen LogP contribution is -1.92. The minimum absolute atomic E-state index is 0.230. The Morgan fingerprint density at radius 2 is 1.04 bits per heavy atom. The van der Waals surface area contributed by atoms with Crippen molar-refractivity contribution in [1.29, 1.82) is 0 Å². The van der Waals surface area contributed by atoms with Crippen LogP contribution in [0.25, 0.3) is 22.3 Å². The lowest BCUT2D eigenvalue weighted by molar-refractivity contribution is 0.606. The molecule has 24 heavy (non-hydrogen) atoms. The van der Waals surface area contributed by atoms with Gasteiger partial charge >= 0.3 is 0 Å². The highest BCUT2D eigenvalue weighted by molar-refractivity contribution is 5.72. The molecule has 0 aliphatic carbocycles. The summed E-state index contributed by atoms with van der Waals surface area (Å²) in [5.41, 5.74) is 9.02. The van der Waals surface area contributed by atoms with Crippen LogP contribution >= 0.6 is 0 Å². The van der Waals surface area contributed by atoms with Crippen molar-refractivity contribution in [2.75, 3.05) is 5.73 Å². The van der Waals surface area contributed by atoms with Crippen molar-refractivity contribution in [2.45, 2.75) is 20.8 Å². The molecule has 0 bridgehead atoms. The summed E-state index contributed by atoms with van der Waals surface area (Å²) in [5.74, 6) is -0.904. The van der Waals surface area contributed by atoms with Gasteiger partial charge in [-0.25, -0.2) is 8.78 Å². The monoisotopic (exact) mass is 325 g/mol. The third kappa shape index (κ3) is 3.80. The van der Waals surface area contributed by atoms with E-state index in [0.717, 1.165) is 5.56 Å². The van der Waals surface area contributed by atoms with E-state index in [9.17, 15) is 8.78 Å². The molecule has 3 aromatic carbocycles. The maximum Gasteiger partial charge on any atom is 0.131 e. The molecule has 1 nitrogen and oxygen atoms in total. The Kier molecular flexibility index (Phi) is 5.69. The van der Waals surface area contributed by atoms with E-state index in [1.807, 2.05) is 32.9 Å². The third-order valence-corrected chi connectivity index (χ3v) is 3.64. The van der Waals surface area contributed by atoms with Crippen LogP contribution in [-0.4, -0.2) is 0 Å². The second-order valence-electron chi connectivity index (χ2n) is 5.30. The normalized spacial score (nSPS) is 10.0. The van der Waals surface area contributed by atoms with E-state index in [4.69, 9.17) is 5.73 Å². The first kappa shape index (κ1) is 17.7. The fourth-order valence-electron chi connectivity index (χ4n) is 2.39. The maximum absolute atomic E-state index is 14.4. The Balaban J connectivity index is 0.00000100. The fourth-order valence-corrected chi connectivity index (χ4v) is 2.39. The van der Waals surface area contributed by atoms with Crippen LogP contribution in [0.15, 0.2) is 60.7 Å². The number of rotatable bonds is 2. The summed E-state index contributed by atoms with van der Waals surface area (Å²) < 4.78 is 28.8. The van der Waals surface area contributed by atoms with Crippen molar-refractivity contribution >= 4 is 5.69 Å². The van der Waals surface area contributed by atoms with Crippen LogP contribution in [-0.2, 0) is 0 Å². The van der Waals surface area contributed by atoms with Gasteiger partial charge in [-0.2, -0.15) is 0 Å². The second-order valence-corrected chi connectivity index (χ2v) is 5.30. The van der Waals surface area contributed by atoms with Crippen molar-refractivity contribution in [3.63, 3.8) is 0 Å². The minimum atomic E-state index is -0.457. The van der Waals surface area contributed by atoms with E-state index in [1.165, 1.54) is 12.1 Å². The van der Waals surface area contributed by atoms with Gasteiger partial charge in [-0.05, 0) is 42.3 Å². The number of benzene rings is 3. The van der Waals surface area contributed by atoms with Crippen LogP contribution < -0.4 is 5.73 Å². The van der Waals surface area contributed by atoms with Crippen molar-refractivity contribution in [3.8, 4) is 22.3 Å². The van der Waals surface area contributed by atoms with E-state index < -0.39 is 11.6 Å². The van der Waals surface area contributed by atoms with E-state index in [0.29, 0.717) is 16.8 Å². The topological polar surface area (TPSA) is 26.0 Å². The third-order valence-electron chi connectivity index (χ3n) is 3.64. The number of halogens is 2. The van der Waals surface area contributed by atoms with Gasteiger partial charge in [0, 0.05) is 16.8 Å². The molecule has 0 radical (unpaired) electrons. The lowest BCUT2D eigenvalue weighted by Gasteiger charge is -2.09. The largest absolute Gasteiger partial charge is 0.399 e. The summed E-state index contributed by atoms with van der Waals surface area (Å²) in [6.07, 6.45) is 0. The summed E-state index contributed by atoms with van der Waals surface area (Å²) in [7, 11) is 0. The zero-order chi connectivity index (χ0) is 17.7. The van der Waals surface area contributed by atoms with Crippen LogP contribution in [0, 0.1) is 18.6 Å². The number of nitrogens with two attached hydrogens (primary N) is 1. The first-order valence-corrected chi connectivity index (χ1v) is 7.96. The Morgan fingerprint density at radius 3 is 1.46 bits per heavy atom. The van der Waals surface area contributed by atoms with Gasteiger partial charge in [0.1, 0.15) is 11.6 Å². The zero-order valence-corrected chi connectivity index (χ0v) is 14.1. The molecule has 2 N–H and O–H groups in total. The molecular formula is C21H21F2N. The molecular weight excluding hydrogens is 304 g/mol. The molecule has 0 spiro atoms. The molecule has 0 saturated heterocycles. The van der Waals surface area contributed by atoms with Crippen LogP contribution in [0.4, 0.5) is 14.5 Å². The molecule has 0 unspecified atom stereocenters. The van der Waals surface area contributed by atoms with Crippen molar-refractivity contribution in [2.24, 2.45) is 0 Å². The Hall–Kier alpha value is -2.68. The SMILES string of the molecule is CC.Cc1ccc(-c2cc(F)c(-c3ccc(N)cc3)cc2F)cc1. The average Bonchev–Trinajstić information content (AvgIpc) is 2.60. The van der Waals surface area contributed by atoms with Gasteiger partial charge in [-0.15, -0.1) is 0 Å². The van der Waals surface area contributed by atoms with Gasteiger partial charge in [-0.1, -0.05) is 55.8 Å². The zero-order valence-electron chi connectivity index (χ0n) is 14.1. The molecule has 3 aromatic rings. The maximum atomic E-state index is 14.4. The van der Waals surface area contributed by atoms with Gasteiger partial charge in [0.05, 0.1) is 0 Å². The lowest BCUT2D eigenvalue weighted by atomic mass is 9.98. The van der Waals surface area contributed by atoms with E-state index in [-0.39, 0.29) is 11.1 Å². The smallest absolute Gasteiger partial charge is 0.131 e. The standard InChI is InChI=1S/C19H15F2N.C2H6/c1-12-2-4-13(5-3-12)16-10-19(21)17(11-18(16)20)14-6-8-15(22)9-7-14;1-2/h2-11H,22H2,1H3;1-2H3. The molecule has 0 amide bonds. The predicted octanol–water partition coefficient (Wildman–Crippen LogP) is 6.22. The van der Waals surface area contributed by atoms with Crippen molar-refractivity contribution in [3.05, 3.63) is 77.9 Å². The first-order valence-electron chi connectivity index (χ1n) is 7.96. The highest BCUT2D eigenvalue weighted by Crippen LogP contribution is 2.31. The molecule has 0 atom stereocenters. The minimum Gasteiger partial charge on any atom is -0.399 e. The number of nitrogen functional groups attached to an aromatic ring is 1. The number of hydrogen-bond donors (Lipinski definition) is 1. The fraction of sp³-hybridized carbons (Fsp3) is 0.143.